The lowest BCUT2D eigenvalue weighted by molar-refractivity contribution is 0.478. The Labute approximate surface area is 208 Å². The van der Waals surface area contributed by atoms with Gasteiger partial charge in [-0.25, -0.2) is 0 Å². The summed E-state index contributed by atoms with van der Waals surface area (Å²) in [5.41, 5.74) is 4.88. The van der Waals surface area contributed by atoms with Crippen LogP contribution < -0.4 is 0 Å². The Morgan fingerprint density at radius 2 is 1.35 bits per heavy atom. The van der Waals surface area contributed by atoms with Crippen molar-refractivity contribution in [1.29, 1.82) is 0 Å². The van der Waals surface area contributed by atoms with Crippen molar-refractivity contribution < 1.29 is 5.11 Å². The van der Waals surface area contributed by atoms with Gasteiger partial charge in [0, 0.05) is 21.8 Å². The fraction of sp³-hybridized carbons (Fsp3) is 0.129. The monoisotopic (exact) mass is 507 g/mol. The average molecular weight is 508 g/mol. The third-order valence-electron chi connectivity index (χ3n) is 6.20. The Morgan fingerprint density at radius 1 is 0.735 bits per heavy atom. The van der Waals surface area contributed by atoms with Gasteiger partial charge < -0.3 is 5.11 Å². The van der Waals surface area contributed by atoms with E-state index in [-0.39, 0.29) is 11.2 Å². The molecule has 5 aromatic rings. The lowest BCUT2D eigenvalue weighted by atomic mass is 9.86. The van der Waals surface area contributed by atoms with Gasteiger partial charge in [0.1, 0.15) is 5.75 Å². The van der Waals surface area contributed by atoms with Crippen molar-refractivity contribution in [3.8, 4) is 16.9 Å². The summed E-state index contributed by atoms with van der Waals surface area (Å²) in [6.07, 6.45) is 1.91. The number of aromatic hydroxyl groups is 1. The van der Waals surface area contributed by atoms with Crippen molar-refractivity contribution in [1.82, 2.24) is 0 Å². The number of hydrogen-bond acceptors (Lipinski definition) is 2. The van der Waals surface area contributed by atoms with Gasteiger partial charge in [0.25, 0.3) is 0 Å². The van der Waals surface area contributed by atoms with E-state index in [4.69, 9.17) is 4.99 Å². The summed E-state index contributed by atoms with van der Waals surface area (Å²) in [7, 11) is 0. The molecule has 0 aliphatic rings. The fourth-order valence-electron chi connectivity index (χ4n) is 4.42. The smallest absolute Gasteiger partial charge is 0.124 e. The minimum atomic E-state index is 0.0369. The number of aliphatic imine (C=N–C) groups is 1. The zero-order valence-corrected chi connectivity index (χ0v) is 21.1. The van der Waals surface area contributed by atoms with Crippen LogP contribution in [0, 0.1) is 0 Å². The lowest BCUT2D eigenvalue weighted by Gasteiger charge is -2.20. The summed E-state index contributed by atoms with van der Waals surface area (Å²) in [5, 5.41) is 15.3. The van der Waals surface area contributed by atoms with Crippen LogP contribution in [0.15, 0.2) is 100 Å². The van der Waals surface area contributed by atoms with E-state index in [1.165, 1.54) is 5.56 Å². The Morgan fingerprint density at radius 3 is 2.03 bits per heavy atom. The average Bonchev–Trinajstić information content (AvgIpc) is 2.82. The highest BCUT2D eigenvalue weighted by Crippen LogP contribution is 2.45. The number of rotatable bonds is 3. The molecule has 34 heavy (non-hydrogen) atoms. The van der Waals surface area contributed by atoms with Crippen LogP contribution in [0.4, 0.5) is 5.69 Å². The zero-order valence-electron chi connectivity index (χ0n) is 19.5. The van der Waals surface area contributed by atoms with Gasteiger partial charge in [-0.15, -0.1) is 0 Å². The standard InChI is InChI=1S/C31H26BrNO/c1-31(2,3)23-16-20(17-24(32)18-23)19-33-27-14-12-21-8-4-6-10-25(21)29(27)30-26-11-7-5-9-22(26)13-15-28(30)34/h4-19,34H,1-3H3. The van der Waals surface area contributed by atoms with Crippen LogP contribution in [0.1, 0.15) is 31.9 Å². The molecule has 5 rings (SSSR count). The molecule has 1 N–H and O–H groups in total. The van der Waals surface area contributed by atoms with Gasteiger partial charge in [-0.2, -0.15) is 0 Å². The van der Waals surface area contributed by atoms with E-state index in [9.17, 15) is 5.11 Å². The maximum absolute atomic E-state index is 11.0. The number of phenolic OH excluding ortho intramolecular Hbond substituents is 1. The normalized spacial score (nSPS) is 12.1. The van der Waals surface area contributed by atoms with Crippen molar-refractivity contribution in [2.24, 2.45) is 4.99 Å². The Balaban J connectivity index is 1.75. The van der Waals surface area contributed by atoms with Crippen molar-refractivity contribution >= 4 is 49.4 Å². The van der Waals surface area contributed by atoms with Crippen LogP contribution >= 0.6 is 15.9 Å². The molecule has 0 heterocycles. The second kappa shape index (κ2) is 8.73. The highest BCUT2D eigenvalue weighted by molar-refractivity contribution is 9.10. The molecule has 0 aliphatic carbocycles. The maximum atomic E-state index is 11.0. The van der Waals surface area contributed by atoms with Crippen LogP contribution in [-0.4, -0.2) is 11.3 Å². The fourth-order valence-corrected chi connectivity index (χ4v) is 4.93. The van der Waals surface area contributed by atoms with E-state index in [0.717, 1.165) is 48.4 Å². The molecule has 0 aliphatic heterocycles. The SMILES string of the molecule is CC(C)(C)c1cc(Br)cc(C=Nc2ccc3ccccc3c2-c2c(O)ccc3ccccc23)c1. The Bertz CT molecular complexity index is 1560. The van der Waals surface area contributed by atoms with Gasteiger partial charge in [0.15, 0.2) is 0 Å². The molecule has 0 fully saturated rings. The van der Waals surface area contributed by atoms with Gasteiger partial charge >= 0.3 is 0 Å². The highest BCUT2D eigenvalue weighted by atomic mass is 79.9. The molecule has 0 aromatic heterocycles. The van der Waals surface area contributed by atoms with E-state index < -0.39 is 0 Å². The first-order valence-corrected chi connectivity index (χ1v) is 12.2. The van der Waals surface area contributed by atoms with Crippen molar-refractivity contribution in [3.63, 3.8) is 0 Å². The van der Waals surface area contributed by atoms with E-state index in [1.54, 1.807) is 6.07 Å². The van der Waals surface area contributed by atoms with Crippen LogP contribution in [0.2, 0.25) is 0 Å². The van der Waals surface area contributed by atoms with Crippen molar-refractivity contribution in [2.45, 2.75) is 26.2 Å². The number of hydrogen-bond donors (Lipinski definition) is 1. The summed E-state index contributed by atoms with van der Waals surface area (Å²) >= 11 is 3.66. The number of fused-ring (bicyclic) bond motifs is 2. The summed E-state index contributed by atoms with van der Waals surface area (Å²) in [6.45, 7) is 6.63. The predicted octanol–water partition coefficient (Wildman–Crippen LogP) is 9.18. The topological polar surface area (TPSA) is 32.6 Å². The largest absolute Gasteiger partial charge is 0.507 e. The zero-order chi connectivity index (χ0) is 23.9. The van der Waals surface area contributed by atoms with E-state index in [0.29, 0.717) is 0 Å². The molecule has 0 unspecified atom stereocenters. The third-order valence-corrected chi connectivity index (χ3v) is 6.66. The molecule has 0 radical (unpaired) electrons. The van der Waals surface area contributed by atoms with Crippen LogP contribution in [0.25, 0.3) is 32.7 Å². The van der Waals surface area contributed by atoms with Crippen LogP contribution in [0.5, 0.6) is 5.75 Å². The molecular weight excluding hydrogens is 482 g/mol. The third kappa shape index (κ3) is 4.24. The maximum Gasteiger partial charge on any atom is 0.124 e. The van der Waals surface area contributed by atoms with Crippen LogP contribution in [0.3, 0.4) is 0 Å². The summed E-state index contributed by atoms with van der Waals surface area (Å²) < 4.78 is 1.03. The quantitative estimate of drug-likeness (QED) is 0.242. The summed E-state index contributed by atoms with van der Waals surface area (Å²) in [5.74, 6) is 0.254. The molecule has 0 saturated heterocycles. The van der Waals surface area contributed by atoms with Crippen molar-refractivity contribution in [2.75, 3.05) is 0 Å². The van der Waals surface area contributed by atoms with E-state index in [2.05, 4.69) is 85.2 Å². The van der Waals surface area contributed by atoms with Gasteiger partial charge in [0.2, 0.25) is 0 Å². The molecule has 0 atom stereocenters. The van der Waals surface area contributed by atoms with Gasteiger partial charge in [0.05, 0.1) is 5.69 Å². The van der Waals surface area contributed by atoms with Gasteiger partial charge in [-0.1, -0.05) is 97.4 Å². The first kappa shape index (κ1) is 22.4. The highest BCUT2D eigenvalue weighted by Gasteiger charge is 2.17. The Hall–Kier alpha value is -3.43. The summed E-state index contributed by atoms with van der Waals surface area (Å²) in [4.78, 5) is 4.96. The molecule has 3 heteroatoms. The molecule has 5 aromatic carbocycles. The molecule has 0 saturated carbocycles. The van der Waals surface area contributed by atoms with Gasteiger partial charge in [-0.3, -0.25) is 4.99 Å². The number of nitrogens with zero attached hydrogens (tertiary/aromatic N) is 1. The van der Waals surface area contributed by atoms with E-state index in [1.807, 2.05) is 42.6 Å². The molecule has 168 valence electrons. The minimum Gasteiger partial charge on any atom is -0.507 e. The lowest BCUT2D eigenvalue weighted by Crippen LogP contribution is -2.11. The summed E-state index contributed by atoms with van der Waals surface area (Å²) in [6, 6.07) is 30.7. The van der Waals surface area contributed by atoms with Crippen LogP contribution in [-0.2, 0) is 5.41 Å². The second-order valence-corrected chi connectivity index (χ2v) is 10.6. The number of phenols is 1. The first-order valence-electron chi connectivity index (χ1n) is 11.4. The van der Waals surface area contributed by atoms with Gasteiger partial charge in [-0.05, 0) is 68.4 Å². The molecular formula is C31H26BrNO. The van der Waals surface area contributed by atoms with E-state index >= 15 is 0 Å². The second-order valence-electron chi connectivity index (χ2n) is 9.64. The van der Waals surface area contributed by atoms with Crippen molar-refractivity contribution in [3.05, 3.63) is 107 Å². The molecule has 0 bridgehead atoms. The first-order chi connectivity index (χ1) is 16.3. The molecule has 0 amide bonds. The minimum absolute atomic E-state index is 0.0369. The molecule has 2 nitrogen and oxygen atoms in total. The predicted molar refractivity (Wildman–Crippen MR) is 149 cm³/mol. The molecule has 0 spiro atoms. The number of benzene rings is 5. The Kier molecular flexibility index (Phi) is 5.75. The number of halogens is 1.